The SMILES string of the molecule is CCCCNC(=O)COCCOCCNC(=O)COCCO. The number of carbonyl (C=O) groups excluding carboxylic acids is 2. The van der Waals surface area contributed by atoms with Crippen molar-refractivity contribution in [1.29, 1.82) is 0 Å². The Hall–Kier alpha value is -1.22. The number of unbranched alkanes of at least 4 members (excludes halogenated alkanes) is 1. The molecule has 0 bridgehead atoms. The molecule has 0 rings (SSSR count). The molecule has 2 amide bonds. The van der Waals surface area contributed by atoms with Gasteiger partial charge in [0.25, 0.3) is 0 Å². The van der Waals surface area contributed by atoms with E-state index in [1.807, 2.05) is 0 Å². The number of ether oxygens (including phenoxy) is 3. The number of carbonyl (C=O) groups is 2. The second kappa shape index (κ2) is 16.2. The van der Waals surface area contributed by atoms with Crippen LogP contribution in [0.3, 0.4) is 0 Å². The summed E-state index contributed by atoms with van der Waals surface area (Å²) in [6.07, 6.45) is 2.00. The van der Waals surface area contributed by atoms with E-state index in [9.17, 15) is 9.59 Å². The molecule has 0 heterocycles. The van der Waals surface area contributed by atoms with Crippen molar-refractivity contribution in [3.63, 3.8) is 0 Å². The molecule has 8 nitrogen and oxygen atoms in total. The summed E-state index contributed by atoms with van der Waals surface area (Å²) in [6, 6.07) is 0. The summed E-state index contributed by atoms with van der Waals surface area (Å²) in [5, 5.41) is 13.8. The van der Waals surface area contributed by atoms with Crippen LogP contribution in [0.15, 0.2) is 0 Å². The molecule has 22 heavy (non-hydrogen) atoms. The fourth-order valence-electron chi connectivity index (χ4n) is 1.38. The maximum Gasteiger partial charge on any atom is 0.246 e. The molecular weight excluding hydrogens is 292 g/mol. The summed E-state index contributed by atoms with van der Waals surface area (Å²) >= 11 is 0. The molecule has 0 aromatic carbocycles. The lowest BCUT2D eigenvalue weighted by Crippen LogP contribution is -2.31. The molecular formula is C14H28N2O6. The van der Waals surface area contributed by atoms with Crippen LogP contribution in [-0.4, -0.2) is 76.3 Å². The Morgan fingerprint density at radius 2 is 1.45 bits per heavy atom. The molecule has 0 spiro atoms. The molecule has 0 unspecified atom stereocenters. The zero-order chi connectivity index (χ0) is 16.5. The average molecular weight is 320 g/mol. The quantitative estimate of drug-likeness (QED) is 0.336. The van der Waals surface area contributed by atoms with Crippen LogP contribution in [0.1, 0.15) is 19.8 Å². The van der Waals surface area contributed by atoms with E-state index in [1.54, 1.807) is 0 Å². The van der Waals surface area contributed by atoms with Gasteiger partial charge in [0.2, 0.25) is 11.8 Å². The van der Waals surface area contributed by atoms with Gasteiger partial charge in [0.15, 0.2) is 0 Å². The van der Waals surface area contributed by atoms with E-state index >= 15 is 0 Å². The van der Waals surface area contributed by atoms with E-state index in [-0.39, 0.29) is 38.2 Å². The van der Waals surface area contributed by atoms with Crippen molar-refractivity contribution in [2.75, 3.05) is 59.3 Å². The minimum atomic E-state index is -0.253. The van der Waals surface area contributed by atoms with Gasteiger partial charge in [-0.1, -0.05) is 13.3 Å². The van der Waals surface area contributed by atoms with Gasteiger partial charge in [0.1, 0.15) is 13.2 Å². The molecule has 0 fully saturated rings. The number of aliphatic hydroxyl groups is 1. The maximum absolute atomic E-state index is 11.3. The zero-order valence-corrected chi connectivity index (χ0v) is 13.3. The van der Waals surface area contributed by atoms with Gasteiger partial charge in [-0.3, -0.25) is 9.59 Å². The Balaban J connectivity index is 3.23. The minimum absolute atomic E-state index is 0.0337. The predicted molar refractivity (Wildman–Crippen MR) is 80.5 cm³/mol. The first kappa shape index (κ1) is 20.8. The van der Waals surface area contributed by atoms with Gasteiger partial charge in [-0.2, -0.15) is 0 Å². The van der Waals surface area contributed by atoms with E-state index in [2.05, 4.69) is 17.6 Å². The fraction of sp³-hybridized carbons (Fsp3) is 0.857. The van der Waals surface area contributed by atoms with Crippen LogP contribution >= 0.6 is 0 Å². The molecule has 3 N–H and O–H groups in total. The van der Waals surface area contributed by atoms with Crippen molar-refractivity contribution >= 4 is 11.8 Å². The second-order valence-electron chi connectivity index (χ2n) is 4.49. The van der Waals surface area contributed by atoms with Crippen molar-refractivity contribution in [3.8, 4) is 0 Å². The molecule has 0 saturated carbocycles. The third-order valence-electron chi connectivity index (χ3n) is 2.50. The molecule has 0 aliphatic rings. The normalized spacial score (nSPS) is 10.5. The van der Waals surface area contributed by atoms with Crippen LogP contribution in [-0.2, 0) is 23.8 Å². The van der Waals surface area contributed by atoms with Crippen molar-refractivity contribution in [2.45, 2.75) is 19.8 Å². The average Bonchev–Trinajstić information content (AvgIpc) is 2.50. The van der Waals surface area contributed by atoms with E-state index in [0.29, 0.717) is 32.9 Å². The van der Waals surface area contributed by atoms with Crippen molar-refractivity contribution in [1.82, 2.24) is 10.6 Å². The monoisotopic (exact) mass is 320 g/mol. The van der Waals surface area contributed by atoms with Crippen molar-refractivity contribution in [2.24, 2.45) is 0 Å². The summed E-state index contributed by atoms with van der Waals surface area (Å²) in [7, 11) is 0. The van der Waals surface area contributed by atoms with Gasteiger partial charge < -0.3 is 30.0 Å². The lowest BCUT2D eigenvalue weighted by atomic mass is 10.3. The van der Waals surface area contributed by atoms with E-state index in [4.69, 9.17) is 19.3 Å². The summed E-state index contributed by atoms with van der Waals surface area (Å²) in [4.78, 5) is 22.5. The molecule has 0 atom stereocenters. The highest BCUT2D eigenvalue weighted by Gasteiger charge is 2.01. The van der Waals surface area contributed by atoms with Crippen LogP contribution in [0.25, 0.3) is 0 Å². The Morgan fingerprint density at radius 3 is 2.09 bits per heavy atom. The number of hydrogen-bond acceptors (Lipinski definition) is 6. The molecule has 0 radical (unpaired) electrons. The molecule has 0 aromatic rings. The van der Waals surface area contributed by atoms with Crippen LogP contribution in [0.5, 0.6) is 0 Å². The second-order valence-corrected chi connectivity index (χ2v) is 4.49. The number of hydrogen-bond donors (Lipinski definition) is 3. The van der Waals surface area contributed by atoms with Gasteiger partial charge in [-0.05, 0) is 6.42 Å². The molecule has 0 aliphatic carbocycles. The Bertz CT molecular complexity index is 261. The van der Waals surface area contributed by atoms with Gasteiger partial charge in [-0.15, -0.1) is 0 Å². The van der Waals surface area contributed by atoms with E-state index in [0.717, 1.165) is 12.8 Å². The summed E-state index contributed by atoms with van der Waals surface area (Å²) in [5.74, 6) is -0.374. The van der Waals surface area contributed by atoms with E-state index < -0.39 is 0 Å². The highest BCUT2D eigenvalue weighted by atomic mass is 16.5. The molecule has 8 heteroatoms. The van der Waals surface area contributed by atoms with Gasteiger partial charge in [0, 0.05) is 13.1 Å². The fourth-order valence-corrected chi connectivity index (χ4v) is 1.38. The smallest absolute Gasteiger partial charge is 0.246 e. The van der Waals surface area contributed by atoms with Crippen molar-refractivity contribution in [3.05, 3.63) is 0 Å². The highest BCUT2D eigenvalue weighted by Crippen LogP contribution is 1.84. The molecule has 0 aromatic heterocycles. The lowest BCUT2D eigenvalue weighted by Gasteiger charge is -2.08. The van der Waals surface area contributed by atoms with Crippen molar-refractivity contribution < 1.29 is 28.9 Å². The number of nitrogens with one attached hydrogen (secondary N) is 2. The summed E-state index contributed by atoms with van der Waals surface area (Å²) < 4.78 is 15.2. The van der Waals surface area contributed by atoms with Crippen LogP contribution in [0.4, 0.5) is 0 Å². The predicted octanol–water partition coefficient (Wildman–Crippen LogP) is -0.939. The standard InChI is InChI=1S/C14H28N2O6/c1-2-3-4-15-13(18)12-22-10-9-20-7-5-16-14(19)11-21-8-6-17/h17H,2-12H2,1H3,(H,15,18)(H,16,19). The first-order valence-corrected chi connectivity index (χ1v) is 7.58. The number of rotatable bonds is 15. The van der Waals surface area contributed by atoms with E-state index in [1.165, 1.54) is 0 Å². The largest absolute Gasteiger partial charge is 0.394 e. The molecule has 0 saturated heterocycles. The van der Waals surface area contributed by atoms with Crippen LogP contribution < -0.4 is 10.6 Å². The third-order valence-corrected chi connectivity index (χ3v) is 2.50. The Labute approximate surface area is 131 Å². The first-order chi connectivity index (χ1) is 10.7. The van der Waals surface area contributed by atoms with Crippen LogP contribution in [0.2, 0.25) is 0 Å². The van der Waals surface area contributed by atoms with Gasteiger partial charge in [-0.25, -0.2) is 0 Å². The summed E-state index contributed by atoms with van der Waals surface area (Å²) in [6.45, 7) is 4.16. The van der Waals surface area contributed by atoms with Gasteiger partial charge in [0.05, 0.1) is 33.0 Å². The van der Waals surface area contributed by atoms with Gasteiger partial charge >= 0.3 is 0 Å². The maximum atomic E-state index is 11.3. The summed E-state index contributed by atoms with van der Waals surface area (Å²) in [5.41, 5.74) is 0. The third kappa shape index (κ3) is 15.2. The van der Waals surface area contributed by atoms with Crippen LogP contribution in [0, 0.1) is 0 Å². The highest BCUT2D eigenvalue weighted by molar-refractivity contribution is 5.77. The number of amides is 2. The lowest BCUT2D eigenvalue weighted by molar-refractivity contribution is -0.127. The topological polar surface area (TPSA) is 106 Å². The zero-order valence-electron chi connectivity index (χ0n) is 13.3. The minimum Gasteiger partial charge on any atom is -0.394 e. The molecule has 130 valence electrons. The first-order valence-electron chi connectivity index (χ1n) is 7.58. The Morgan fingerprint density at radius 1 is 0.864 bits per heavy atom. The molecule has 0 aliphatic heterocycles. The number of aliphatic hydroxyl groups excluding tert-OH is 1. The Kier molecular flexibility index (Phi) is 15.3.